The maximum Gasteiger partial charge on any atom is 0.192 e. The first-order chi connectivity index (χ1) is 8.65. The maximum atomic E-state index is 10.2. The SMILES string of the molecule is CC(C)(C)[Si](C)(C)OC[C@@H](O)[C@H](N)c1ccccc1. The highest BCUT2D eigenvalue weighted by atomic mass is 28.4. The van der Waals surface area contributed by atoms with Crippen molar-refractivity contribution in [1.29, 1.82) is 0 Å². The minimum atomic E-state index is -1.83. The van der Waals surface area contributed by atoms with Crippen molar-refractivity contribution < 1.29 is 9.53 Å². The molecule has 3 N–H and O–H groups in total. The Labute approximate surface area is 117 Å². The highest BCUT2D eigenvalue weighted by Gasteiger charge is 2.37. The van der Waals surface area contributed by atoms with Crippen LogP contribution in [-0.4, -0.2) is 26.1 Å². The molecule has 0 aliphatic carbocycles. The number of nitrogens with two attached hydrogens (primary N) is 1. The van der Waals surface area contributed by atoms with Crippen molar-refractivity contribution in [3.8, 4) is 0 Å². The molecule has 0 saturated carbocycles. The van der Waals surface area contributed by atoms with Crippen LogP contribution in [0.3, 0.4) is 0 Å². The fourth-order valence-corrected chi connectivity index (χ4v) is 2.53. The molecule has 0 amide bonds. The predicted octanol–water partition coefficient (Wildman–Crippen LogP) is 3.07. The molecule has 3 nitrogen and oxygen atoms in total. The van der Waals surface area contributed by atoms with Crippen LogP contribution in [0.5, 0.6) is 0 Å². The van der Waals surface area contributed by atoms with Crippen molar-refractivity contribution in [1.82, 2.24) is 0 Å². The third-order valence-electron chi connectivity index (χ3n) is 4.02. The summed E-state index contributed by atoms with van der Waals surface area (Å²) in [6.45, 7) is 11.2. The van der Waals surface area contributed by atoms with Gasteiger partial charge in [0.25, 0.3) is 0 Å². The molecule has 0 fully saturated rings. The molecule has 108 valence electrons. The largest absolute Gasteiger partial charge is 0.414 e. The summed E-state index contributed by atoms with van der Waals surface area (Å²) in [4.78, 5) is 0. The van der Waals surface area contributed by atoms with Gasteiger partial charge in [0.05, 0.1) is 18.8 Å². The Bertz CT molecular complexity index is 387. The molecule has 4 heteroatoms. The molecule has 19 heavy (non-hydrogen) atoms. The van der Waals surface area contributed by atoms with Crippen molar-refractivity contribution in [3.63, 3.8) is 0 Å². The molecule has 0 aromatic heterocycles. The monoisotopic (exact) mass is 281 g/mol. The van der Waals surface area contributed by atoms with Gasteiger partial charge < -0.3 is 15.3 Å². The van der Waals surface area contributed by atoms with Gasteiger partial charge in [0, 0.05) is 0 Å². The van der Waals surface area contributed by atoms with Crippen LogP contribution < -0.4 is 5.73 Å². The van der Waals surface area contributed by atoms with Crippen LogP contribution in [0.1, 0.15) is 32.4 Å². The Balaban J connectivity index is 2.59. The van der Waals surface area contributed by atoms with Gasteiger partial charge in [-0.15, -0.1) is 0 Å². The lowest BCUT2D eigenvalue weighted by molar-refractivity contribution is 0.0786. The van der Waals surface area contributed by atoms with E-state index in [1.165, 1.54) is 0 Å². The van der Waals surface area contributed by atoms with Gasteiger partial charge in [0.2, 0.25) is 0 Å². The molecule has 0 spiro atoms. The van der Waals surface area contributed by atoms with Crippen molar-refractivity contribution in [2.45, 2.75) is 51.0 Å². The van der Waals surface area contributed by atoms with Crippen molar-refractivity contribution in [2.24, 2.45) is 5.73 Å². The van der Waals surface area contributed by atoms with E-state index < -0.39 is 20.5 Å². The third kappa shape index (κ3) is 4.42. The zero-order valence-corrected chi connectivity index (χ0v) is 13.7. The first kappa shape index (κ1) is 16.4. The van der Waals surface area contributed by atoms with Crippen LogP contribution in [0.25, 0.3) is 0 Å². The summed E-state index contributed by atoms with van der Waals surface area (Å²) < 4.78 is 6.01. The second-order valence-electron chi connectivity index (χ2n) is 6.58. The van der Waals surface area contributed by atoms with Gasteiger partial charge >= 0.3 is 0 Å². The van der Waals surface area contributed by atoms with Gasteiger partial charge in [0.15, 0.2) is 8.32 Å². The highest BCUT2D eigenvalue weighted by Crippen LogP contribution is 2.36. The van der Waals surface area contributed by atoms with E-state index in [2.05, 4.69) is 33.9 Å². The lowest BCUT2D eigenvalue weighted by atomic mass is 10.0. The van der Waals surface area contributed by atoms with E-state index in [9.17, 15) is 5.11 Å². The van der Waals surface area contributed by atoms with Crippen LogP contribution in [0.4, 0.5) is 0 Å². The second-order valence-corrected chi connectivity index (χ2v) is 11.4. The average molecular weight is 281 g/mol. The highest BCUT2D eigenvalue weighted by molar-refractivity contribution is 6.74. The third-order valence-corrected chi connectivity index (χ3v) is 8.52. The van der Waals surface area contributed by atoms with Gasteiger partial charge in [-0.25, -0.2) is 0 Å². The minimum absolute atomic E-state index is 0.142. The van der Waals surface area contributed by atoms with E-state index in [0.29, 0.717) is 6.61 Å². The zero-order valence-electron chi connectivity index (χ0n) is 12.7. The molecule has 1 aromatic carbocycles. The quantitative estimate of drug-likeness (QED) is 0.816. The van der Waals surface area contributed by atoms with E-state index in [1.54, 1.807) is 0 Å². The van der Waals surface area contributed by atoms with E-state index in [4.69, 9.17) is 10.2 Å². The first-order valence-electron chi connectivity index (χ1n) is 6.78. The van der Waals surface area contributed by atoms with Crippen molar-refractivity contribution >= 4 is 8.32 Å². The fourth-order valence-electron chi connectivity index (χ4n) is 1.51. The number of hydrogen-bond acceptors (Lipinski definition) is 3. The molecule has 0 radical (unpaired) electrons. The molecule has 2 atom stereocenters. The number of rotatable bonds is 5. The van der Waals surface area contributed by atoms with E-state index in [-0.39, 0.29) is 5.04 Å². The van der Waals surface area contributed by atoms with Crippen LogP contribution >= 0.6 is 0 Å². The van der Waals surface area contributed by atoms with E-state index in [0.717, 1.165) is 5.56 Å². The summed E-state index contributed by atoms with van der Waals surface area (Å²) in [6, 6.07) is 9.26. The summed E-state index contributed by atoms with van der Waals surface area (Å²) >= 11 is 0. The molecule has 0 bridgehead atoms. The zero-order chi connectivity index (χ0) is 14.7. The Morgan fingerprint density at radius 2 is 1.74 bits per heavy atom. The van der Waals surface area contributed by atoms with Crippen LogP contribution in [-0.2, 0) is 4.43 Å². The smallest absolute Gasteiger partial charge is 0.192 e. The van der Waals surface area contributed by atoms with E-state index >= 15 is 0 Å². The first-order valence-corrected chi connectivity index (χ1v) is 9.68. The van der Waals surface area contributed by atoms with Crippen LogP contribution in [0, 0.1) is 0 Å². The molecule has 1 aromatic rings. The summed E-state index contributed by atoms with van der Waals surface area (Å²) in [7, 11) is -1.83. The molecular weight excluding hydrogens is 254 g/mol. The van der Waals surface area contributed by atoms with Gasteiger partial charge in [0.1, 0.15) is 0 Å². The lowest BCUT2D eigenvalue weighted by Gasteiger charge is -2.37. The summed E-state index contributed by atoms with van der Waals surface area (Å²) in [6.07, 6.45) is -0.670. The normalized spacial score (nSPS) is 16.2. The summed E-state index contributed by atoms with van der Waals surface area (Å²) in [5, 5.41) is 10.3. The Morgan fingerprint density at radius 3 is 2.21 bits per heavy atom. The van der Waals surface area contributed by atoms with Crippen LogP contribution in [0.2, 0.25) is 18.1 Å². The average Bonchev–Trinajstić information content (AvgIpc) is 2.35. The van der Waals surface area contributed by atoms with Crippen molar-refractivity contribution in [3.05, 3.63) is 35.9 Å². The fraction of sp³-hybridized carbons (Fsp3) is 0.600. The summed E-state index contributed by atoms with van der Waals surface area (Å²) in [5.74, 6) is 0. The van der Waals surface area contributed by atoms with Gasteiger partial charge in [-0.1, -0.05) is 51.1 Å². The second kappa shape index (κ2) is 6.18. The molecule has 0 unspecified atom stereocenters. The number of hydrogen-bond donors (Lipinski definition) is 2. The molecule has 0 saturated heterocycles. The van der Waals surface area contributed by atoms with Gasteiger partial charge in [-0.2, -0.15) is 0 Å². The number of aliphatic hydroxyl groups is 1. The molecule has 0 aliphatic rings. The Kier molecular flexibility index (Phi) is 5.32. The molecule has 0 aliphatic heterocycles. The number of benzene rings is 1. The Hall–Kier alpha value is -0.683. The maximum absolute atomic E-state index is 10.2. The Morgan fingerprint density at radius 1 is 1.21 bits per heavy atom. The molecule has 0 heterocycles. The van der Waals surface area contributed by atoms with Gasteiger partial charge in [-0.05, 0) is 23.7 Å². The van der Waals surface area contributed by atoms with Crippen molar-refractivity contribution in [2.75, 3.05) is 6.61 Å². The predicted molar refractivity (Wildman–Crippen MR) is 82.5 cm³/mol. The minimum Gasteiger partial charge on any atom is -0.414 e. The number of aliphatic hydroxyl groups excluding tert-OH is 1. The summed E-state index contributed by atoms with van der Waals surface area (Å²) in [5.41, 5.74) is 7.00. The van der Waals surface area contributed by atoms with E-state index in [1.807, 2.05) is 30.3 Å². The van der Waals surface area contributed by atoms with Crippen LogP contribution in [0.15, 0.2) is 30.3 Å². The molecular formula is C15H27NO2Si. The standard InChI is InChI=1S/C15H27NO2Si/c1-15(2,3)19(4,5)18-11-13(17)14(16)12-9-7-6-8-10-12/h6-10,13-14,17H,11,16H2,1-5H3/t13-,14-/m1/s1. The molecule has 1 rings (SSSR count). The topological polar surface area (TPSA) is 55.5 Å². The lowest BCUT2D eigenvalue weighted by Crippen LogP contribution is -2.44. The van der Waals surface area contributed by atoms with Gasteiger partial charge in [-0.3, -0.25) is 0 Å².